The van der Waals surface area contributed by atoms with E-state index in [1.165, 1.54) is 0 Å². The molecule has 0 spiro atoms. The van der Waals surface area contributed by atoms with Crippen molar-refractivity contribution >= 4 is 28.9 Å². The Hall–Kier alpha value is -4.11. The van der Waals surface area contributed by atoms with E-state index >= 15 is 0 Å². The van der Waals surface area contributed by atoms with Gasteiger partial charge in [-0.15, -0.1) is 5.10 Å². The summed E-state index contributed by atoms with van der Waals surface area (Å²) in [6.07, 6.45) is 1.67. The normalized spacial score (nSPS) is 14.2. The van der Waals surface area contributed by atoms with Crippen LogP contribution in [-0.4, -0.2) is 65.9 Å². The van der Waals surface area contributed by atoms with E-state index in [0.29, 0.717) is 5.69 Å². The monoisotopic (exact) mass is 457 g/mol. The zero-order valence-electron chi connectivity index (χ0n) is 19.2. The number of amides is 2. The fourth-order valence-electron chi connectivity index (χ4n) is 4.10. The highest BCUT2D eigenvalue weighted by Crippen LogP contribution is 2.30. The molecule has 2 aromatic carbocycles. The molecule has 0 unspecified atom stereocenters. The van der Waals surface area contributed by atoms with Crippen LogP contribution in [-0.2, 0) is 0 Å². The molecule has 0 atom stereocenters. The van der Waals surface area contributed by atoms with Gasteiger partial charge in [-0.2, -0.15) is 0 Å². The second-order valence-corrected chi connectivity index (χ2v) is 8.25. The van der Waals surface area contributed by atoms with Gasteiger partial charge < -0.3 is 19.9 Å². The van der Waals surface area contributed by atoms with Crippen molar-refractivity contribution in [1.82, 2.24) is 19.5 Å². The molecule has 1 aliphatic rings. The predicted molar refractivity (Wildman–Crippen MR) is 134 cm³/mol. The third-order valence-electron chi connectivity index (χ3n) is 6.00. The summed E-state index contributed by atoms with van der Waals surface area (Å²) < 4.78 is 7.23. The van der Waals surface area contributed by atoms with E-state index in [-0.39, 0.29) is 5.95 Å². The molecule has 2 N–H and O–H groups in total. The predicted octanol–water partition coefficient (Wildman–Crippen LogP) is 3.80. The zero-order valence-corrected chi connectivity index (χ0v) is 19.2. The summed E-state index contributed by atoms with van der Waals surface area (Å²) in [7, 11) is 3.78. The fourth-order valence-corrected chi connectivity index (χ4v) is 4.10. The van der Waals surface area contributed by atoms with Crippen LogP contribution in [0.4, 0.5) is 22.1 Å². The molecule has 1 aliphatic heterocycles. The maximum Gasteiger partial charge on any atom is 0.326 e. The zero-order chi connectivity index (χ0) is 23.5. The summed E-state index contributed by atoms with van der Waals surface area (Å²) in [5.74, 6) is 0.944. The number of ether oxygens (including phenoxy) is 1. The number of carbonyl (C=O) groups excluding carboxylic acids is 1. The quantitative estimate of drug-likeness (QED) is 0.474. The van der Waals surface area contributed by atoms with E-state index in [4.69, 9.17) is 4.74 Å². The molecule has 0 radical (unpaired) electrons. The van der Waals surface area contributed by atoms with Crippen molar-refractivity contribution in [3.05, 3.63) is 66.9 Å². The number of benzene rings is 2. The van der Waals surface area contributed by atoms with Gasteiger partial charge in [0.05, 0.1) is 24.5 Å². The average molecular weight is 458 g/mol. The minimum Gasteiger partial charge on any atom is -0.496 e. The number of aromatic nitrogens is 3. The van der Waals surface area contributed by atoms with Crippen molar-refractivity contribution in [3.63, 3.8) is 0 Å². The number of nitrogens with zero attached hydrogens (tertiary/aromatic N) is 5. The van der Waals surface area contributed by atoms with Crippen LogP contribution in [0.2, 0.25) is 0 Å². The second-order valence-electron chi connectivity index (χ2n) is 8.25. The molecule has 1 fully saturated rings. The first-order valence-electron chi connectivity index (χ1n) is 11.2. The highest BCUT2D eigenvalue weighted by Gasteiger charge is 2.15. The molecule has 0 saturated carbocycles. The van der Waals surface area contributed by atoms with Gasteiger partial charge in [-0.25, -0.2) is 14.3 Å². The molecule has 174 valence electrons. The van der Waals surface area contributed by atoms with Gasteiger partial charge in [-0.1, -0.05) is 12.1 Å². The van der Waals surface area contributed by atoms with Crippen LogP contribution in [0.25, 0.3) is 16.8 Å². The molecule has 0 bridgehead atoms. The Morgan fingerprint density at radius 2 is 1.71 bits per heavy atom. The number of piperazine rings is 1. The lowest BCUT2D eigenvalue weighted by Crippen LogP contribution is -2.44. The van der Waals surface area contributed by atoms with Gasteiger partial charge in [0, 0.05) is 43.1 Å². The van der Waals surface area contributed by atoms with Crippen molar-refractivity contribution in [3.8, 4) is 17.0 Å². The van der Waals surface area contributed by atoms with Crippen molar-refractivity contribution < 1.29 is 9.53 Å². The van der Waals surface area contributed by atoms with Gasteiger partial charge in [0.25, 0.3) is 0 Å². The molecule has 9 heteroatoms. The van der Waals surface area contributed by atoms with E-state index in [0.717, 1.165) is 54.4 Å². The number of para-hydroxylation sites is 1. The maximum absolute atomic E-state index is 12.6. The smallest absolute Gasteiger partial charge is 0.326 e. The molecule has 2 amide bonds. The Morgan fingerprint density at radius 3 is 2.47 bits per heavy atom. The number of likely N-dealkylation sites (N-methyl/N-ethyl adjacent to an activating group) is 1. The van der Waals surface area contributed by atoms with Crippen LogP contribution in [0, 0.1) is 0 Å². The molecular weight excluding hydrogens is 430 g/mol. The topological polar surface area (TPSA) is 87.0 Å². The van der Waals surface area contributed by atoms with Crippen molar-refractivity contribution in [2.75, 3.05) is 55.9 Å². The van der Waals surface area contributed by atoms with Gasteiger partial charge in [-0.05, 0) is 55.6 Å². The Balaban J connectivity index is 1.28. The highest BCUT2D eigenvalue weighted by atomic mass is 16.5. The summed E-state index contributed by atoms with van der Waals surface area (Å²) in [5.41, 5.74) is 4.42. The van der Waals surface area contributed by atoms with E-state index < -0.39 is 6.03 Å². The van der Waals surface area contributed by atoms with E-state index in [2.05, 4.69) is 37.6 Å². The molecule has 5 rings (SSSR count). The molecular formula is C25H27N7O2. The minimum atomic E-state index is -0.405. The van der Waals surface area contributed by atoms with Gasteiger partial charge >= 0.3 is 6.03 Å². The average Bonchev–Trinajstić information content (AvgIpc) is 3.28. The van der Waals surface area contributed by atoms with Crippen LogP contribution in [0.3, 0.4) is 0 Å². The van der Waals surface area contributed by atoms with Crippen LogP contribution in [0.1, 0.15) is 0 Å². The minimum absolute atomic E-state index is 0.200. The van der Waals surface area contributed by atoms with Crippen molar-refractivity contribution in [2.45, 2.75) is 0 Å². The van der Waals surface area contributed by atoms with Crippen molar-refractivity contribution in [2.24, 2.45) is 0 Å². The van der Waals surface area contributed by atoms with Gasteiger partial charge in [-0.3, -0.25) is 5.32 Å². The lowest BCUT2D eigenvalue weighted by Gasteiger charge is -2.34. The van der Waals surface area contributed by atoms with Gasteiger partial charge in [0.15, 0.2) is 0 Å². The summed E-state index contributed by atoms with van der Waals surface area (Å²) >= 11 is 0. The fraction of sp³-hybridized carbons (Fsp3) is 0.240. The molecule has 4 aromatic rings. The first-order chi connectivity index (χ1) is 16.6. The summed E-state index contributed by atoms with van der Waals surface area (Å²) in [4.78, 5) is 21.5. The number of hydrogen-bond donors (Lipinski definition) is 2. The van der Waals surface area contributed by atoms with Crippen LogP contribution < -0.4 is 20.3 Å². The number of rotatable bonds is 5. The van der Waals surface area contributed by atoms with Gasteiger partial charge in [0.1, 0.15) is 5.75 Å². The van der Waals surface area contributed by atoms with Crippen molar-refractivity contribution in [1.29, 1.82) is 0 Å². The summed E-state index contributed by atoms with van der Waals surface area (Å²) in [6.45, 7) is 4.10. The maximum atomic E-state index is 12.6. The molecule has 2 aromatic heterocycles. The highest BCUT2D eigenvalue weighted by molar-refractivity contribution is 5.98. The number of nitrogens with one attached hydrogen (secondary N) is 2. The van der Waals surface area contributed by atoms with Gasteiger partial charge in [0.2, 0.25) is 5.95 Å². The number of anilines is 3. The number of fused-ring (bicyclic) bond motifs is 1. The Bertz CT molecular complexity index is 1290. The second kappa shape index (κ2) is 9.40. The first-order valence-corrected chi connectivity index (χ1v) is 11.2. The third-order valence-corrected chi connectivity index (χ3v) is 6.00. The Kier molecular flexibility index (Phi) is 6.01. The molecule has 3 heterocycles. The number of methoxy groups -OCH3 is 1. The number of urea groups is 1. The molecule has 34 heavy (non-hydrogen) atoms. The Labute approximate surface area is 198 Å². The number of carbonyl (C=O) groups is 1. The lowest BCUT2D eigenvalue weighted by atomic mass is 10.1. The summed E-state index contributed by atoms with van der Waals surface area (Å²) in [6, 6.07) is 19.1. The number of hydrogen-bond acceptors (Lipinski definition) is 6. The summed E-state index contributed by atoms with van der Waals surface area (Å²) in [5, 5.41) is 10.1. The SMILES string of the molecule is COc1ccccc1-c1ccc2cnc(NC(=O)Nc3ccc(N4CCN(C)CC4)cc3)nn12. The molecule has 1 saturated heterocycles. The molecule has 9 nitrogen and oxygen atoms in total. The van der Waals surface area contributed by atoms with Crippen LogP contribution >= 0.6 is 0 Å². The standard InChI is InChI=1S/C25H27N7O2/c1-30-13-15-31(16-14-30)19-9-7-18(8-10-19)27-25(33)28-24-26-17-20-11-12-22(32(20)29-24)21-5-3-4-6-23(21)34-2/h3-12,17H,13-16H2,1-2H3,(H2,27,28,29,33). The molecule has 0 aliphatic carbocycles. The Morgan fingerprint density at radius 1 is 0.941 bits per heavy atom. The van der Waals surface area contributed by atoms with E-state index in [1.54, 1.807) is 17.8 Å². The lowest BCUT2D eigenvalue weighted by molar-refractivity contribution is 0.262. The first kappa shape index (κ1) is 21.7. The third kappa shape index (κ3) is 4.51. The largest absolute Gasteiger partial charge is 0.496 e. The van der Waals surface area contributed by atoms with E-state index in [1.807, 2.05) is 60.7 Å². The van der Waals surface area contributed by atoms with E-state index in [9.17, 15) is 4.79 Å². The van der Waals surface area contributed by atoms with Crippen LogP contribution in [0.15, 0.2) is 66.9 Å². The van der Waals surface area contributed by atoms with Crippen LogP contribution in [0.5, 0.6) is 5.75 Å².